The molecule has 2 fully saturated rings. The highest BCUT2D eigenvalue weighted by molar-refractivity contribution is 6.08. The van der Waals surface area contributed by atoms with Crippen LogP contribution in [0.4, 0.5) is 4.79 Å². The van der Waals surface area contributed by atoms with Gasteiger partial charge in [-0.25, -0.2) is 4.79 Å². The second-order valence-corrected chi connectivity index (χ2v) is 5.61. The lowest BCUT2D eigenvalue weighted by Gasteiger charge is -2.40. The summed E-state index contributed by atoms with van der Waals surface area (Å²) in [6.45, 7) is 0.490. The fourth-order valence-electron chi connectivity index (χ4n) is 3.37. The number of carbonyl (C=O) groups excluding carboxylic acids is 2. The van der Waals surface area contributed by atoms with Crippen molar-refractivity contribution in [3.63, 3.8) is 0 Å². The number of hydrogen-bond acceptors (Lipinski definition) is 3. The molecule has 0 radical (unpaired) electrons. The molecular weight excluding hydrogens is 244 g/mol. The average molecular weight is 258 g/mol. The number of ether oxygens (including phenoxy) is 1. The zero-order valence-corrected chi connectivity index (χ0v) is 10.6. The highest BCUT2D eigenvalue weighted by Crippen LogP contribution is 2.63. The summed E-state index contributed by atoms with van der Waals surface area (Å²) in [7, 11) is 1.53. The van der Waals surface area contributed by atoms with Crippen LogP contribution in [-0.2, 0) is 10.3 Å². The fraction of sp³-hybridized carbons (Fsp3) is 0.429. The molecule has 1 atom stereocenters. The van der Waals surface area contributed by atoms with Gasteiger partial charge in [-0.3, -0.25) is 9.69 Å². The van der Waals surface area contributed by atoms with Crippen molar-refractivity contribution in [1.82, 2.24) is 10.2 Å². The normalized spacial score (nSPS) is 30.3. The van der Waals surface area contributed by atoms with Gasteiger partial charge in [0.15, 0.2) is 5.54 Å². The van der Waals surface area contributed by atoms with Crippen molar-refractivity contribution in [2.24, 2.45) is 5.41 Å². The van der Waals surface area contributed by atoms with Gasteiger partial charge < -0.3 is 10.1 Å². The van der Waals surface area contributed by atoms with Crippen molar-refractivity contribution in [3.05, 3.63) is 29.8 Å². The van der Waals surface area contributed by atoms with E-state index in [0.29, 0.717) is 12.4 Å². The van der Waals surface area contributed by atoms with E-state index in [1.54, 1.807) is 0 Å². The Morgan fingerprint density at radius 3 is 2.63 bits per heavy atom. The van der Waals surface area contributed by atoms with E-state index in [0.717, 1.165) is 18.4 Å². The Labute approximate surface area is 110 Å². The number of fused-ring (bicyclic) bond motifs is 3. The Morgan fingerprint density at radius 2 is 2.00 bits per heavy atom. The second-order valence-electron chi connectivity index (χ2n) is 5.61. The molecule has 2 aliphatic heterocycles. The molecular formula is C14H14N2O3. The minimum absolute atomic E-state index is 0.161. The Hall–Kier alpha value is -2.04. The Kier molecular flexibility index (Phi) is 1.77. The molecule has 4 rings (SSSR count). The molecule has 1 N–H and O–H groups in total. The van der Waals surface area contributed by atoms with Gasteiger partial charge in [-0.1, -0.05) is 18.2 Å². The van der Waals surface area contributed by atoms with Gasteiger partial charge >= 0.3 is 6.03 Å². The number of amides is 3. The molecule has 19 heavy (non-hydrogen) atoms. The van der Waals surface area contributed by atoms with Crippen molar-refractivity contribution in [2.75, 3.05) is 13.7 Å². The number of likely N-dealkylation sites (N-methyl/N-ethyl adjacent to an activating group) is 1. The van der Waals surface area contributed by atoms with Crippen LogP contribution < -0.4 is 10.1 Å². The first kappa shape index (κ1) is 10.8. The number of carbonyl (C=O) groups is 2. The number of nitrogens with one attached hydrogen (secondary N) is 1. The number of imide groups is 1. The predicted octanol–water partition coefficient (Wildman–Crippen LogP) is 1.24. The lowest BCUT2D eigenvalue weighted by molar-refractivity contribution is -0.135. The minimum Gasteiger partial charge on any atom is -0.492 e. The molecule has 1 saturated heterocycles. The quantitative estimate of drug-likeness (QED) is 0.712. The molecule has 5 nitrogen and oxygen atoms in total. The molecule has 2 spiro atoms. The van der Waals surface area contributed by atoms with Crippen LogP contribution in [0.1, 0.15) is 18.4 Å². The highest BCUT2D eigenvalue weighted by atomic mass is 16.5. The zero-order valence-electron chi connectivity index (χ0n) is 10.6. The van der Waals surface area contributed by atoms with E-state index >= 15 is 0 Å². The van der Waals surface area contributed by atoms with Gasteiger partial charge in [0.2, 0.25) is 0 Å². The first-order valence-electron chi connectivity index (χ1n) is 6.43. The van der Waals surface area contributed by atoms with E-state index in [-0.39, 0.29) is 17.4 Å². The summed E-state index contributed by atoms with van der Waals surface area (Å²) in [5.74, 6) is 0.537. The van der Waals surface area contributed by atoms with E-state index in [1.165, 1.54) is 11.9 Å². The van der Waals surface area contributed by atoms with Crippen LogP contribution in [0.15, 0.2) is 24.3 Å². The molecule has 1 aromatic rings. The topological polar surface area (TPSA) is 58.6 Å². The van der Waals surface area contributed by atoms with E-state index in [9.17, 15) is 9.59 Å². The fourth-order valence-corrected chi connectivity index (χ4v) is 3.37. The Bertz CT molecular complexity index is 608. The van der Waals surface area contributed by atoms with Gasteiger partial charge in [0.05, 0.1) is 6.61 Å². The molecule has 3 aliphatic rings. The predicted molar refractivity (Wildman–Crippen MR) is 66.6 cm³/mol. The molecule has 5 heteroatoms. The molecule has 1 aliphatic carbocycles. The van der Waals surface area contributed by atoms with Gasteiger partial charge in [0.1, 0.15) is 5.75 Å². The van der Waals surface area contributed by atoms with Crippen molar-refractivity contribution in [1.29, 1.82) is 0 Å². The monoisotopic (exact) mass is 258 g/mol. The number of rotatable bonds is 0. The molecule has 0 aromatic heterocycles. The van der Waals surface area contributed by atoms with E-state index in [2.05, 4.69) is 5.32 Å². The first-order valence-corrected chi connectivity index (χ1v) is 6.43. The second kappa shape index (κ2) is 3.10. The molecule has 0 bridgehead atoms. The van der Waals surface area contributed by atoms with Crippen molar-refractivity contribution in [3.8, 4) is 5.75 Å². The van der Waals surface area contributed by atoms with Crippen LogP contribution in [0.5, 0.6) is 5.75 Å². The van der Waals surface area contributed by atoms with Crippen molar-refractivity contribution >= 4 is 11.9 Å². The SMILES string of the molecule is CN1C(=O)NC2(C1=O)c1ccccc1OCC21CC1. The number of benzene rings is 1. The minimum atomic E-state index is -0.923. The Morgan fingerprint density at radius 1 is 1.26 bits per heavy atom. The van der Waals surface area contributed by atoms with Crippen LogP contribution >= 0.6 is 0 Å². The number of nitrogens with zero attached hydrogens (tertiary/aromatic N) is 1. The molecule has 98 valence electrons. The van der Waals surface area contributed by atoms with Crippen molar-refractivity contribution < 1.29 is 14.3 Å². The summed E-state index contributed by atoms with van der Waals surface area (Å²) in [5.41, 5.74) is -0.395. The summed E-state index contributed by atoms with van der Waals surface area (Å²) in [5, 5.41) is 2.94. The lowest BCUT2D eigenvalue weighted by Crippen LogP contribution is -2.56. The summed E-state index contributed by atoms with van der Waals surface area (Å²) < 4.78 is 5.78. The third-order valence-corrected chi connectivity index (χ3v) is 4.67. The van der Waals surface area contributed by atoms with E-state index < -0.39 is 5.54 Å². The third-order valence-electron chi connectivity index (χ3n) is 4.67. The van der Waals surface area contributed by atoms with Crippen LogP contribution in [0, 0.1) is 5.41 Å². The highest BCUT2D eigenvalue weighted by Gasteiger charge is 2.71. The maximum atomic E-state index is 12.7. The number of para-hydroxylation sites is 1. The van der Waals surface area contributed by atoms with Gasteiger partial charge in [0.25, 0.3) is 5.91 Å². The lowest BCUT2D eigenvalue weighted by atomic mass is 9.73. The Balaban J connectivity index is 1.99. The maximum absolute atomic E-state index is 12.7. The summed E-state index contributed by atoms with van der Waals surface area (Å²) in [6, 6.07) is 7.16. The molecule has 1 aromatic carbocycles. The smallest absolute Gasteiger partial charge is 0.325 e. The van der Waals surface area contributed by atoms with Crippen LogP contribution in [0.2, 0.25) is 0 Å². The number of hydrogen-bond donors (Lipinski definition) is 1. The van der Waals surface area contributed by atoms with Gasteiger partial charge in [-0.2, -0.15) is 0 Å². The average Bonchev–Trinajstić information content (AvgIpc) is 3.17. The van der Waals surface area contributed by atoms with Gasteiger partial charge in [-0.15, -0.1) is 0 Å². The molecule has 1 saturated carbocycles. The third kappa shape index (κ3) is 1.07. The van der Waals surface area contributed by atoms with E-state index in [1.807, 2.05) is 24.3 Å². The number of urea groups is 1. The van der Waals surface area contributed by atoms with Gasteiger partial charge in [-0.05, 0) is 18.9 Å². The zero-order chi connectivity index (χ0) is 13.3. The molecule has 2 heterocycles. The van der Waals surface area contributed by atoms with Crippen molar-refractivity contribution in [2.45, 2.75) is 18.4 Å². The maximum Gasteiger partial charge on any atom is 0.325 e. The van der Waals surface area contributed by atoms with Crippen LogP contribution in [-0.4, -0.2) is 30.5 Å². The first-order chi connectivity index (χ1) is 9.11. The van der Waals surface area contributed by atoms with Gasteiger partial charge in [0, 0.05) is 18.0 Å². The van der Waals surface area contributed by atoms with E-state index in [4.69, 9.17) is 4.74 Å². The molecule has 3 amide bonds. The summed E-state index contributed by atoms with van der Waals surface area (Å²) in [4.78, 5) is 25.8. The summed E-state index contributed by atoms with van der Waals surface area (Å²) >= 11 is 0. The van der Waals surface area contributed by atoms with Crippen LogP contribution in [0.3, 0.4) is 0 Å². The largest absolute Gasteiger partial charge is 0.492 e. The summed E-state index contributed by atoms with van der Waals surface area (Å²) in [6.07, 6.45) is 1.81. The van der Waals surface area contributed by atoms with Crippen LogP contribution in [0.25, 0.3) is 0 Å². The molecule has 1 unspecified atom stereocenters. The standard InChI is InChI=1S/C14H14N2O3/c1-16-11(17)14(15-12(16)18)9-4-2-3-5-10(9)19-8-13(14)6-7-13/h2-5H,6-8H2,1H3,(H,15,18).